The fraction of sp³-hybridized carbons (Fsp3) is 0.176. The molecule has 0 spiro atoms. The highest BCUT2D eigenvalue weighted by atomic mass is 32.2. The van der Waals surface area contributed by atoms with Crippen molar-refractivity contribution in [2.45, 2.75) is 10.8 Å². The van der Waals surface area contributed by atoms with Gasteiger partial charge in [-0.1, -0.05) is 12.1 Å². The molecule has 1 aromatic carbocycles. The van der Waals surface area contributed by atoms with E-state index in [0.29, 0.717) is 11.5 Å². The maximum Gasteiger partial charge on any atom is 0.244 e. The second-order valence-electron chi connectivity index (χ2n) is 5.09. The predicted octanol–water partition coefficient (Wildman–Crippen LogP) is 2.99. The van der Waals surface area contributed by atoms with Crippen molar-refractivity contribution in [1.29, 1.82) is 0 Å². The maximum atomic E-state index is 12.6. The highest BCUT2D eigenvalue weighted by Gasteiger charge is 2.25. The molecule has 7 heteroatoms. The normalized spacial score (nSPS) is 11.8. The summed E-state index contributed by atoms with van der Waals surface area (Å²) < 4.78 is 43.8. The van der Waals surface area contributed by atoms with Crippen molar-refractivity contribution in [3.8, 4) is 5.75 Å². The zero-order valence-corrected chi connectivity index (χ0v) is 13.8. The van der Waals surface area contributed by atoms with Crippen LogP contribution in [0.25, 0.3) is 0 Å². The minimum Gasteiger partial charge on any atom is -0.495 e. The Morgan fingerprint density at radius 2 is 1.62 bits per heavy atom. The van der Waals surface area contributed by atoms with Crippen LogP contribution in [0.4, 0.5) is 0 Å². The first kappa shape index (κ1) is 16.4. The van der Waals surface area contributed by atoms with Crippen LogP contribution in [0, 0.1) is 0 Å². The molecular formula is C17H17NO5S. The van der Waals surface area contributed by atoms with Crippen molar-refractivity contribution in [2.75, 3.05) is 13.7 Å². The molecule has 0 unspecified atom stereocenters. The predicted molar refractivity (Wildman–Crippen MR) is 87.4 cm³/mol. The minimum atomic E-state index is -3.74. The average molecular weight is 347 g/mol. The quantitative estimate of drug-likeness (QED) is 0.710. The average Bonchev–Trinajstić information content (AvgIpc) is 3.29. The van der Waals surface area contributed by atoms with Gasteiger partial charge in [-0.2, -0.15) is 0 Å². The van der Waals surface area contributed by atoms with Gasteiger partial charge < -0.3 is 13.6 Å². The number of sulfonamides is 1. The van der Waals surface area contributed by atoms with Gasteiger partial charge in [0.2, 0.25) is 10.0 Å². The van der Waals surface area contributed by atoms with Crippen LogP contribution in [0.15, 0.2) is 74.8 Å². The lowest BCUT2D eigenvalue weighted by molar-refractivity contribution is 0.401. The summed E-state index contributed by atoms with van der Waals surface area (Å²) in [6, 6.07) is 13.5. The molecule has 2 aromatic heterocycles. The third kappa shape index (κ3) is 3.37. The van der Waals surface area contributed by atoms with Crippen LogP contribution in [-0.2, 0) is 10.0 Å². The third-order valence-corrected chi connectivity index (χ3v) is 5.07. The maximum absolute atomic E-state index is 12.6. The summed E-state index contributed by atoms with van der Waals surface area (Å²) in [5, 5.41) is 0. The lowest BCUT2D eigenvalue weighted by Crippen LogP contribution is -2.29. The lowest BCUT2D eigenvalue weighted by atomic mass is 10.0. The lowest BCUT2D eigenvalue weighted by Gasteiger charge is -2.15. The van der Waals surface area contributed by atoms with E-state index in [1.54, 1.807) is 55.0 Å². The molecule has 1 N–H and O–H groups in total. The van der Waals surface area contributed by atoms with E-state index >= 15 is 0 Å². The molecule has 0 radical (unpaired) electrons. The molecule has 126 valence electrons. The molecule has 2 heterocycles. The Labute approximate surface area is 140 Å². The molecule has 0 fully saturated rings. The van der Waals surface area contributed by atoms with E-state index < -0.39 is 10.0 Å². The van der Waals surface area contributed by atoms with Gasteiger partial charge in [0.05, 0.1) is 25.6 Å². The summed E-state index contributed by atoms with van der Waals surface area (Å²) in [6.07, 6.45) is 3.08. The fourth-order valence-corrected chi connectivity index (χ4v) is 3.65. The molecule has 0 atom stereocenters. The molecule has 0 aliphatic rings. The van der Waals surface area contributed by atoms with Crippen LogP contribution in [0.3, 0.4) is 0 Å². The summed E-state index contributed by atoms with van der Waals surface area (Å²) in [5.41, 5.74) is 0. The first-order chi connectivity index (χ1) is 11.6. The van der Waals surface area contributed by atoms with Crippen LogP contribution in [0.5, 0.6) is 5.75 Å². The molecular weight excluding hydrogens is 330 g/mol. The molecule has 6 nitrogen and oxygen atoms in total. The number of para-hydroxylation sites is 1. The highest BCUT2D eigenvalue weighted by molar-refractivity contribution is 7.89. The van der Waals surface area contributed by atoms with E-state index in [1.165, 1.54) is 13.2 Å². The Morgan fingerprint density at radius 3 is 2.17 bits per heavy atom. The van der Waals surface area contributed by atoms with E-state index in [4.69, 9.17) is 13.6 Å². The Bertz CT molecular complexity index is 835. The number of hydrogen-bond acceptors (Lipinski definition) is 5. The van der Waals surface area contributed by atoms with Gasteiger partial charge in [-0.15, -0.1) is 0 Å². The number of nitrogens with one attached hydrogen (secondary N) is 1. The molecule has 0 aliphatic carbocycles. The van der Waals surface area contributed by atoms with Gasteiger partial charge in [0.25, 0.3) is 0 Å². The molecule has 0 saturated carbocycles. The van der Waals surface area contributed by atoms with E-state index in [0.717, 1.165) is 0 Å². The Hall–Kier alpha value is -2.51. The number of rotatable bonds is 7. The first-order valence-electron chi connectivity index (χ1n) is 7.31. The van der Waals surface area contributed by atoms with E-state index in [1.807, 2.05) is 0 Å². The fourth-order valence-electron chi connectivity index (χ4n) is 2.43. The molecule has 0 bridgehead atoms. The summed E-state index contributed by atoms with van der Waals surface area (Å²) >= 11 is 0. The number of benzene rings is 1. The van der Waals surface area contributed by atoms with Crippen molar-refractivity contribution in [3.63, 3.8) is 0 Å². The van der Waals surface area contributed by atoms with Gasteiger partial charge in [-0.3, -0.25) is 0 Å². The van der Waals surface area contributed by atoms with Crippen molar-refractivity contribution in [3.05, 3.63) is 72.6 Å². The molecule has 0 saturated heterocycles. The second kappa shape index (κ2) is 6.94. The summed E-state index contributed by atoms with van der Waals surface area (Å²) in [6.45, 7) is 0.0986. The highest BCUT2D eigenvalue weighted by Crippen LogP contribution is 2.27. The number of hydrogen-bond donors (Lipinski definition) is 1. The molecule has 24 heavy (non-hydrogen) atoms. The topological polar surface area (TPSA) is 81.7 Å². The minimum absolute atomic E-state index is 0.0881. The van der Waals surface area contributed by atoms with Crippen LogP contribution < -0.4 is 9.46 Å². The summed E-state index contributed by atoms with van der Waals surface area (Å²) in [5.74, 6) is 1.16. The third-order valence-electron chi connectivity index (χ3n) is 3.61. The van der Waals surface area contributed by atoms with Crippen LogP contribution in [-0.4, -0.2) is 22.1 Å². The largest absolute Gasteiger partial charge is 0.495 e. The second-order valence-corrected chi connectivity index (χ2v) is 6.82. The van der Waals surface area contributed by atoms with Crippen molar-refractivity contribution < 1.29 is 22.0 Å². The van der Waals surface area contributed by atoms with Gasteiger partial charge in [0.15, 0.2) is 0 Å². The van der Waals surface area contributed by atoms with E-state index in [2.05, 4.69) is 4.72 Å². The SMILES string of the molecule is COc1ccccc1S(=O)(=O)NCC(c1ccco1)c1ccco1. The van der Waals surface area contributed by atoms with Crippen molar-refractivity contribution >= 4 is 10.0 Å². The zero-order valence-electron chi connectivity index (χ0n) is 13.0. The van der Waals surface area contributed by atoms with E-state index in [-0.39, 0.29) is 23.1 Å². The van der Waals surface area contributed by atoms with Crippen LogP contribution in [0.1, 0.15) is 17.4 Å². The van der Waals surface area contributed by atoms with Gasteiger partial charge in [0, 0.05) is 6.54 Å². The van der Waals surface area contributed by atoms with E-state index in [9.17, 15) is 8.42 Å². The monoisotopic (exact) mass is 347 g/mol. The number of ether oxygens (including phenoxy) is 1. The van der Waals surface area contributed by atoms with Gasteiger partial charge in [-0.05, 0) is 36.4 Å². The number of furan rings is 2. The van der Waals surface area contributed by atoms with Crippen LogP contribution >= 0.6 is 0 Å². The van der Waals surface area contributed by atoms with Gasteiger partial charge in [0.1, 0.15) is 22.2 Å². The number of methoxy groups -OCH3 is 1. The molecule has 3 aromatic rings. The zero-order chi connectivity index (χ0) is 17.0. The van der Waals surface area contributed by atoms with Gasteiger partial charge in [-0.25, -0.2) is 13.1 Å². The van der Waals surface area contributed by atoms with Crippen molar-refractivity contribution in [1.82, 2.24) is 4.72 Å². The standard InChI is InChI=1S/C17H17NO5S/c1-21-16-6-2-3-9-17(16)24(19,20)18-12-13(14-7-4-10-22-14)15-8-5-11-23-15/h2-11,13,18H,12H2,1H3. The Balaban J connectivity index is 1.84. The molecule has 0 amide bonds. The first-order valence-corrected chi connectivity index (χ1v) is 8.79. The summed E-state index contributed by atoms with van der Waals surface area (Å²) in [7, 11) is -2.31. The Kier molecular flexibility index (Phi) is 4.73. The van der Waals surface area contributed by atoms with Crippen molar-refractivity contribution in [2.24, 2.45) is 0 Å². The molecule has 3 rings (SSSR count). The Morgan fingerprint density at radius 1 is 1.00 bits per heavy atom. The van der Waals surface area contributed by atoms with Gasteiger partial charge >= 0.3 is 0 Å². The smallest absolute Gasteiger partial charge is 0.244 e. The molecule has 0 aliphatic heterocycles. The summed E-state index contributed by atoms with van der Waals surface area (Å²) in [4.78, 5) is 0.0881. The van der Waals surface area contributed by atoms with Crippen LogP contribution in [0.2, 0.25) is 0 Å².